The number of nitrogens with zero attached hydrogens (tertiary/aromatic N) is 1. The molecule has 2 aromatic carbocycles. The number of carbonyl (C=O) groups is 1. The van der Waals surface area contributed by atoms with Gasteiger partial charge in [-0.15, -0.1) is 0 Å². The van der Waals surface area contributed by atoms with Gasteiger partial charge in [-0.1, -0.05) is 29.8 Å². The zero-order valence-corrected chi connectivity index (χ0v) is 16.6. The van der Waals surface area contributed by atoms with E-state index >= 15 is 0 Å². The molecular weight excluding hydrogens is 462 g/mol. The Morgan fingerprint density at radius 3 is 2.12 bits per heavy atom. The van der Waals surface area contributed by atoms with Gasteiger partial charge in [-0.25, -0.2) is 0 Å². The molecule has 0 aliphatic carbocycles. The number of halogens is 7. The van der Waals surface area contributed by atoms with Crippen molar-refractivity contribution in [1.29, 1.82) is 0 Å². The van der Waals surface area contributed by atoms with Crippen LogP contribution in [0.1, 0.15) is 27.0 Å². The van der Waals surface area contributed by atoms with Crippen LogP contribution in [-0.2, 0) is 18.9 Å². The topological polar surface area (TPSA) is 51.1 Å². The zero-order chi connectivity index (χ0) is 23.7. The third-order valence-electron chi connectivity index (χ3n) is 4.36. The Morgan fingerprint density at radius 2 is 1.50 bits per heavy atom. The summed E-state index contributed by atoms with van der Waals surface area (Å²) in [6.45, 7) is -0.312. The van der Waals surface area contributed by atoms with Gasteiger partial charge in [0, 0.05) is 11.9 Å². The molecule has 0 spiro atoms. The van der Waals surface area contributed by atoms with E-state index in [4.69, 9.17) is 11.6 Å². The Balaban J connectivity index is 1.89. The minimum absolute atomic E-state index is 0.133. The lowest BCUT2D eigenvalue weighted by Crippen LogP contribution is -2.24. The zero-order valence-electron chi connectivity index (χ0n) is 15.9. The number of alkyl halides is 6. The Bertz CT molecular complexity index is 1220. The van der Waals surface area contributed by atoms with Gasteiger partial charge in [0.15, 0.2) is 0 Å². The molecule has 4 nitrogen and oxygen atoms in total. The van der Waals surface area contributed by atoms with E-state index in [1.54, 1.807) is 0 Å². The molecule has 0 saturated heterocycles. The molecule has 3 aromatic rings. The SMILES string of the molecule is O=C(Nc1cccc(C(F)(F)F)c1)c1cc(Cl)c(=O)n(Cc2cccc(C(F)(F)F)c2)c1. The number of carbonyl (C=O) groups excluding carboxylic acids is 1. The van der Waals surface area contributed by atoms with Crippen LogP contribution in [0.4, 0.5) is 32.0 Å². The van der Waals surface area contributed by atoms with Gasteiger partial charge in [0.05, 0.1) is 23.2 Å². The molecule has 32 heavy (non-hydrogen) atoms. The maximum absolute atomic E-state index is 12.9. The summed E-state index contributed by atoms with van der Waals surface area (Å²) < 4.78 is 78.2. The average molecular weight is 475 g/mol. The lowest BCUT2D eigenvalue weighted by atomic mass is 10.1. The molecule has 1 heterocycles. The first-order valence-electron chi connectivity index (χ1n) is 8.89. The van der Waals surface area contributed by atoms with Gasteiger partial charge < -0.3 is 9.88 Å². The van der Waals surface area contributed by atoms with E-state index in [0.717, 1.165) is 47.2 Å². The highest BCUT2D eigenvalue weighted by molar-refractivity contribution is 6.30. The van der Waals surface area contributed by atoms with Gasteiger partial charge in [-0.3, -0.25) is 9.59 Å². The van der Waals surface area contributed by atoms with Gasteiger partial charge >= 0.3 is 12.4 Å². The summed E-state index contributed by atoms with van der Waals surface area (Å²) in [6.07, 6.45) is -8.12. The highest BCUT2D eigenvalue weighted by Gasteiger charge is 2.31. The van der Waals surface area contributed by atoms with Crippen LogP contribution in [-0.4, -0.2) is 10.5 Å². The van der Waals surface area contributed by atoms with Gasteiger partial charge in [-0.2, -0.15) is 26.3 Å². The van der Waals surface area contributed by atoms with Crippen LogP contribution in [0, 0.1) is 0 Å². The molecule has 3 rings (SSSR count). The van der Waals surface area contributed by atoms with E-state index in [-0.39, 0.29) is 28.4 Å². The number of anilines is 1. The normalized spacial score (nSPS) is 12.0. The number of amides is 1. The second-order valence-electron chi connectivity index (χ2n) is 6.74. The molecule has 0 aliphatic rings. The minimum Gasteiger partial charge on any atom is -0.322 e. The fraction of sp³-hybridized carbons (Fsp3) is 0.143. The second kappa shape index (κ2) is 8.70. The van der Waals surface area contributed by atoms with Crippen molar-refractivity contribution in [2.75, 3.05) is 5.32 Å². The fourth-order valence-corrected chi connectivity index (χ4v) is 3.09. The molecule has 0 aliphatic heterocycles. The van der Waals surface area contributed by atoms with E-state index in [9.17, 15) is 35.9 Å². The van der Waals surface area contributed by atoms with Crippen LogP contribution >= 0.6 is 11.6 Å². The molecule has 1 aromatic heterocycles. The number of pyridine rings is 1. The largest absolute Gasteiger partial charge is 0.416 e. The molecule has 1 amide bonds. The Morgan fingerprint density at radius 1 is 0.906 bits per heavy atom. The third-order valence-corrected chi connectivity index (χ3v) is 4.63. The molecule has 0 saturated carbocycles. The van der Waals surface area contributed by atoms with Crippen molar-refractivity contribution in [3.05, 3.63) is 98.4 Å². The van der Waals surface area contributed by atoms with E-state index in [1.165, 1.54) is 18.2 Å². The number of nitrogens with one attached hydrogen (secondary N) is 1. The third kappa shape index (κ3) is 5.50. The number of aromatic nitrogens is 1. The second-order valence-corrected chi connectivity index (χ2v) is 7.15. The van der Waals surface area contributed by atoms with Gasteiger partial charge in [0.25, 0.3) is 11.5 Å². The summed E-state index contributed by atoms with van der Waals surface area (Å²) in [5.74, 6) is -0.857. The first kappa shape index (κ1) is 23.4. The molecule has 168 valence electrons. The summed E-state index contributed by atoms with van der Waals surface area (Å²) in [6, 6.07) is 9.22. The van der Waals surface area contributed by atoms with Crippen LogP contribution in [0.25, 0.3) is 0 Å². The molecular formula is C21H13ClF6N2O2. The summed E-state index contributed by atoms with van der Waals surface area (Å²) in [5, 5.41) is 1.89. The number of rotatable bonds is 4. The number of hydrogen-bond donors (Lipinski definition) is 1. The van der Waals surface area contributed by atoms with Crippen molar-refractivity contribution < 1.29 is 31.1 Å². The van der Waals surface area contributed by atoms with E-state index in [0.29, 0.717) is 0 Å². The van der Waals surface area contributed by atoms with Gasteiger partial charge in [0.2, 0.25) is 0 Å². The number of hydrogen-bond acceptors (Lipinski definition) is 2. The van der Waals surface area contributed by atoms with Gasteiger partial charge in [-0.05, 0) is 42.0 Å². The average Bonchev–Trinajstić information content (AvgIpc) is 2.70. The standard InChI is InChI=1S/C21H13ClF6N2O2/c22-17-8-13(18(31)29-16-6-2-5-15(9-16)21(26,27)28)11-30(19(17)32)10-12-3-1-4-14(7-12)20(23,24)25/h1-9,11H,10H2,(H,29,31). The Labute approximate surface area is 182 Å². The van der Waals surface area contributed by atoms with Crippen molar-refractivity contribution >= 4 is 23.2 Å². The Kier molecular flexibility index (Phi) is 6.36. The number of benzene rings is 2. The van der Waals surface area contributed by atoms with Crippen LogP contribution in [0.3, 0.4) is 0 Å². The molecule has 1 N–H and O–H groups in total. The van der Waals surface area contributed by atoms with E-state index < -0.39 is 34.9 Å². The molecule has 11 heteroatoms. The van der Waals surface area contributed by atoms with Crippen molar-refractivity contribution in [2.24, 2.45) is 0 Å². The molecule has 0 bridgehead atoms. The van der Waals surface area contributed by atoms with Crippen molar-refractivity contribution in [3.8, 4) is 0 Å². The smallest absolute Gasteiger partial charge is 0.322 e. The summed E-state index contributed by atoms with van der Waals surface area (Å²) >= 11 is 5.88. The predicted octanol–water partition coefficient (Wildman–Crippen LogP) is 5.84. The van der Waals surface area contributed by atoms with Crippen molar-refractivity contribution in [2.45, 2.75) is 18.9 Å². The Hall–Kier alpha value is -3.27. The molecule has 0 unspecified atom stereocenters. The van der Waals surface area contributed by atoms with Crippen molar-refractivity contribution in [3.63, 3.8) is 0 Å². The first-order chi connectivity index (χ1) is 14.8. The van der Waals surface area contributed by atoms with Crippen LogP contribution in [0.15, 0.2) is 65.6 Å². The maximum atomic E-state index is 12.9. The highest BCUT2D eigenvalue weighted by Crippen LogP contribution is 2.31. The quantitative estimate of drug-likeness (QED) is 0.483. The monoisotopic (exact) mass is 474 g/mol. The summed E-state index contributed by atoms with van der Waals surface area (Å²) in [5.41, 5.74) is -2.81. The van der Waals surface area contributed by atoms with E-state index in [2.05, 4.69) is 5.32 Å². The summed E-state index contributed by atoms with van der Waals surface area (Å²) in [7, 11) is 0. The first-order valence-corrected chi connectivity index (χ1v) is 9.27. The van der Waals surface area contributed by atoms with Crippen LogP contribution < -0.4 is 10.9 Å². The molecule has 0 fully saturated rings. The van der Waals surface area contributed by atoms with Crippen molar-refractivity contribution in [1.82, 2.24) is 4.57 Å². The molecule has 0 radical (unpaired) electrons. The lowest BCUT2D eigenvalue weighted by Gasteiger charge is -2.13. The van der Waals surface area contributed by atoms with Gasteiger partial charge in [0.1, 0.15) is 5.02 Å². The maximum Gasteiger partial charge on any atom is 0.416 e. The summed E-state index contributed by atoms with van der Waals surface area (Å²) in [4.78, 5) is 24.8. The molecule has 0 atom stereocenters. The highest BCUT2D eigenvalue weighted by atomic mass is 35.5. The van der Waals surface area contributed by atoms with Crippen LogP contribution in [0.2, 0.25) is 5.02 Å². The van der Waals surface area contributed by atoms with E-state index in [1.807, 2.05) is 0 Å². The fourth-order valence-electron chi connectivity index (χ4n) is 2.86. The van der Waals surface area contributed by atoms with Crippen LogP contribution in [0.5, 0.6) is 0 Å². The minimum atomic E-state index is -4.61. The lowest BCUT2D eigenvalue weighted by molar-refractivity contribution is -0.138. The predicted molar refractivity (Wildman–Crippen MR) is 106 cm³/mol.